The fraction of sp³-hybridized carbons (Fsp3) is 0.636. The van der Waals surface area contributed by atoms with Gasteiger partial charge in [-0.15, -0.1) is 0 Å². The van der Waals surface area contributed by atoms with Crippen molar-refractivity contribution in [1.29, 1.82) is 0 Å². The van der Waals surface area contributed by atoms with Gasteiger partial charge >= 0.3 is 0 Å². The van der Waals surface area contributed by atoms with Crippen molar-refractivity contribution in [3.8, 4) is 23.7 Å². The van der Waals surface area contributed by atoms with Crippen molar-refractivity contribution in [3.05, 3.63) is 48.6 Å². The second kappa shape index (κ2) is 15.7. The molecule has 210 valence electrons. The largest absolute Gasteiger partial charge is 0.403 e. The Hall–Kier alpha value is -1.86. The number of hydrogen-bond donors (Lipinski definition) is 0. The molecule has 3 rings (SSSR count). The van der Waals surface area contributed by atoms with Crippen LogP contribution in [0.2, 0.25) is 18.1 Å². The van der Waals surface area contributed by atoms with E-state index in [1.807, 2.05) is 12.2 Å². The smallest absolute Gasteiger partial charge is 0.283 e. The Morgan fingerprint density at radius 1 is 0.895 bits per heavy atom. The molecule has 0 aromatic carbocycles. The molecule has 3 fully saturated rings. The second-order valence-corrected chi connectivity index (χ2v) is 16.8. The standard InChI is InChI=1S/C33H50O4Si/c1-8-9-10-11-12-13-14-15-18-21-24-30(37-38(6,7)31(2,3)4)25-22-19-16-17-20-23-26-33-34-27-32(5,28-35-33)29-36-33/h9-10,15,17-20,22,30H,8,11-12,16,23,25-29H2,1-7H3/b10-9-,18-15-,20-17-,22-19-/t30-,32?,33?/m1/s1. The molecule has 38 heavy (non-hydrogen) atoms. The van der Waals surface area contributed by atoms with E-state index in [4.69, 9.17) is 18.6 Å². The van der Waals surface area contributed by atoms with Crippen molar-refractivity contribution in [3.63, 3.8) is 0 Å². The van der Waals surface area contributed by atoms with Crippen LogP contribution in [0.15, 0.2) is 48.6 Å². The predicted molar refractivity (Wildman–Crippen MR) is 161 cm³/mol. The van der Waals surface area contributed by atoms with Crippen molar-refractivity contribution < 1.29 is 18.6 Å². The third-order valence-electron chi connectivity index (χ3n) is 7.17. The zero-order valence-electron chi connectivity index (χ0n) is 24.9. The molecule has 3 heterocycles. The highest BCUT2D eigenvalue weighted by atomic mass is 28.4. The summed E-state index contributed by atoms with van der Waals surface area (Å²) in [5, 5.41) is 0.138. The van der Waals surface area contributed by atoms with E-state index in [2.05, 4.69) is 108 Å². The molecule has 0 radical (unpaired) electrons. The second-order valence-electron chi connectivity index (χ2n) is 12.0. The molecule has 0 amide bonds. The molecule has 3 aliphatic rings. The van der Waals surface area contributed by atoms with E-state index in [1.165, 1.54) is 0 Å². The Balaban J connectivity index is 1.81. The van der Waals surface area contributed by atoms with Crippen LogP contribution in [0.5, 0.6) is 0 Å². The summed E-state index contributed by atoms with van der Waals surface area (Å²) in [5.74, 6) is 11.9. The van der Waals surface area contributed by atoms with Crippen molar-refractivity contribution >= 4 is 8.32 Å². The first-order valence-electron chi connectivity index (χ1n) is 14.2. The summed E-state index contributed by atoms with van der Waals surface area (Å²) < 4.78 is 24.2. The van der Waals surface area contributed by atoms with Gasteiger partial charge in [0, 0.05) is 24.7 Å². The first kappa shape index (κ1) is 32.3. The Morgan fingerprint density at radius 2 is 1.53 bits per heavy atom. The molecule has 0 spiro atoms. The molecular formula is C33H50O4Si. The van der Waals surface area contributed by atoms with Gasteiger partial charge in [-0.05, 0) is 56.0 Å². The summed E-state index contributed by atoms with van der Waals surface area (Å²) >= 11 is 0. The van der Waals surface area contributed by atoms with Crippen LogP contribution in [0.4, 0.5) is 0 Å². The molecule has 1 atom stereocenters. The fourth-order valence-electron chi connectivity index (χ4n) is 3.65. The van der Waals surface area contributed by atoms with Crippen LogP contribution in [0.1, 0.15) is 79.6 Å². The molecule has 0 N–H and O–H groups in total. The lowest BCUT2D eigenvalue weighted by Gasteiger charge is -2.50. The van der Waals surface area contributed by atoms with E-state index >= 15 is 0 Å². The zero-order chi connectivity index (χ0) is 28.0. The average molecular weight is 539 g/mol. The van der Waals surface area contributed by atoms with Gasteiger partial charge in [0.2, 0.25) is 0 Å². The molecular weight excluding hydrogens is 488 g/mol. The highest BCUT2D eigenvalue weighted by Crippen LogP contribution is 2.40. The molecule has 5 heteroatoms. The van der Waals surface area contributed by atoms with Crippen LogP contribution >= 0.6 is 0 Å². The summed E-state index contributed by atoms with van der Waals surface area (Å²) in [5.41, 5.74) is 0.00879. The number of fused-ring (bicyclic) bond motifs is 3. The van der Waals surface area contributed by atoms with E-state index in [9.17, 15) is 0 Å². The van der Waals surface area contributed by atoms with Gasteiger partial charge < -0.3 is 18.6 Å². The summed E-state index contributed by atoms with van der Waals surface area (Å²) in [4.78, 5) is 0. The van der Waals surface area contributed by atoms with E-state index in [0.29, 0.717) is 19.8 Å². The molecule has 0 aliphatic carbocycles. The molecule has 3 saturated heterocycles. The van der Waals surface area contributed by atoms with Gasteiger partial charge in [-0.25, -0.2) is 0 Å². The Labute approximate surface area is 234 Å². The number of hydrogen-bond acceptors (Lipinski definition) is 4. The third kappa shape index (κ3) is 11.5. The summed E-state index contributed by atoms with van der Waals surface area (Å²) in [6.07, 6.45) is 22.8. The summed E-state index contributed by atoms with van der Waals surface area (Å²) in [6.45, 7) is 17.7. The van der Waals surface area contributed by atoms with Gasteiger partial charge in [-0.3, -0.25) is 0 Å². The minimum absolute atomic E-state index is 0.00879. The first-order chi connectivity index (χ1) is 18.0. The maximum Gasteiger partial charge on any atom is 0.283 e. The quantitative estimate of drug-likeness (QED) is 0.109. The molecule has 0 aromatic rings. The number of unbranched alkanes of at least 4 members (excludes halogenated alkanes) is 1. The minimum Gasteiger partial charge on any atom is -0.403 e. The lowest BCUT2D eigenvalue weighted by molar-refractivity contribution is -0.467. The molecule has 0 unspecified atom stereocenters. The third-order valence-corrected chi connectivity index (χ3v) is 11.7. The number of allylic oxidation sites excluding steroid dienone is 7. The molecule has 4 nitrogen and oxygen atoms in total. The van der Waals surface area contributed by atoms with E-state index in [-0.39, 0.29) is 16.6 Å². The monoisotopic (exact) mass is 538 g/mol. The van der Waals surface area contributed by atoms with Crippen LogP contribution < -0.4 is 0 Å². The van der Waals surface area contributed by atoms with E-state index in [1.54, 1.807) is 0 Å². The van der Waals surface area contributed by atoms with Gasteiger partial charge in [0.1, 0.15) is 6.10 Å². The molecule has 0 saturated carbocycles. The zero-order valence-corrected chi connectivity index (χ0v) is 25.9. The number of rotatable bonds is 12. The molecule has 3 aliphatic heterocycles. The highest BCUT2D eigenvalue weighted by Gasteiger charge is 2.49. The Morgan fingerprint density at radius 3 is 2.18 bits per heavy atom. The fourth-order valence-corrected chi connectivity index (χ4v) is 4.87. The van der Waals surface area contributed by atoms with Crippen LogP contribution in [-0.2, 0) is 18.6 Å². The summed E-state index contributed by atoms with van der Waals surface area (Å²) in [6, 6.07) is 0. The maximum atomic E-state index is 6.61. The van der Waals surface area contributed by atoms with Crippen molar-refractivity contribution in [1.82, 2.24) is 0 Å². The van der Waals surface area contributed by atoms with Crippen LogP contribution in [0.25, 0.3) is 0 Å². The van der Waals surface area contributed by atoms with Crippen molar-refractivity contribution in [2.75, 3.05) is 19.8 Å². The van der Waals surface area contributed by atoms with Gasteiger partial charge in [0.25, 0.3) is 5.97 Å². The molecule has 2 bridgehead atoms. The van der Waals surface area contributed by atoms with Gasteiger partial charge in [-0.1, -0.05) is 94.8 Å². The normalized spacial score (nSPS) is 24.7. The lowest BCUT2D eigenvalue weighted by Crippen LogP contribution is -2.58. The lowest BCUT2D eigenvalue weighted by atomic mass is 9.91. The van der Waals surface area contributed by atoms with E-state index in [0.717, 1.165) is 44.9 Å². The first-order valence-corrected chi connectivity index (χ1v) is 17.1. The van der Waals surface area contributed by atoms with Crippen LogP contribution in [0, 0.1) is 29.1 Å². The average Bonchev–Trinajstić information content (AvgIpc) is 2.86. The molecule has 0 aromatic heterocycles. The van der Waals surface area contributed by atoms with E-state index < -0.39 is 14.3 Å². The van der Waals surface area contributed by atoms with Crippen LogP contribution in [0.3, 0.4) is 0 Å². The minimum atomic E-state index is -1.92. The topological polar surface area (TPSA) is 36.9 Å². The van der Waals surface area contributed by atoms with Crippen molar-refractivity contribution in [2.45, 2.75) is 110 Å². The van der Waals surface area contributed by atoms with Gasteiger partial charge in [-0.2, -0.15) is 0 Å². The highest BCUT2D eigenvalue weighted by molar-refractivity contribution is 6.74. The number of ether oxygens (including phenoxy) is 3. The maximum absolute atomic E-state index is 6.61. The van der Waals surface area contributed by atoms with Gasteiger partial charge in [0.05, 0.1) is 19.8 Å². The summed E-state index contributed by atoms with van der Waals surface area (Å²) in [7, 11) is -1.92. The Kier molecular flexibility index (Phi) is 13.3. The Bertz CT molecular complexity index is 934. The van der Waals surface area contributed by atoms with Crippen molar-refractivity contribution in [2.24, 2.45) is 5.41 Å². The predicted octanol–water partition coefficient (Wildman–Crippen LogP) is 8.10. The SMILES string of the molecule is CC/C=C\CCC#C/C=C\C#C[C@H](C/C=C\C/C=C\CCC12OCC(C)(CO1)CO2)O[Si](C)(C)C(C)(C)C. The van der Waals surface area contributed by atoms with Crippen LogP contribution in [-0.4, -0.2) is 40.2 Å². The van der Waals surface area contributed by atoms with Gasteiger partial charge in [0.15, 0.2) is 8.32 Å².